The van der Waals surface area contributed by atoms with Crippen molar-refractivity contribution in [1.82, 2.24) is 9.55 Å². The molecule has 1 aliphatic rings. The summed E-state index contributed by atoms with van der Waals surface area (Å²) >= 11 is 0. The van der Waals surface area contributed by atoms with E-state index in [4.69, 9.17) is 9.72 Å². The van der Waals surface area contributed by atoms with Crippen molar-refractivity contribution in [2.24, 2.45) is 0 Å². The maximum Gasteiger partial charge on any atom is 0.227 e. The Morgan fingerprint density at radius 1 is 1.06 bits per heavy atom. The van der Waals surface area contributed by atoms with Gasteiger partial charge in [0.25, 0.3) is 0 Å². The number of aromatic nitrogens is 2. The number of anilines is 1. The number of aliphatic hydroxyl groups excluding tert-OH is 1. The van der Waals surface area contributed by atoms with Crippen molar-refractivity contribution in [2.75, 3.05) is 18.1 Å². The molecule has 168 valence electrons. The Balaban J connectivity index is 1.38. The lowest BCUT2D eigenvalue weighted by Crippen LogP contribution is -2.26. The van der Waals surface area contributed by atoms with Crippen LogP contribution in [0, 0.1) is 6.92 Å². The molecule has 6 heteroatoms. The highest BCUT2D eigenvalue weighted by Crippen LogP contribution is 2.33. The number of fused-ring (bicyclic) bond motifs is 1. The zero-order chi connectivity index (χ0) is 22.8. The maximum atomic E-state index is 12.8. The van der Waals surface area contributed by atoms with Crippen LogP contribution in [0.5, 0.6) is 5.75 Å². The number of amides is 1. The molecule has 2 atom stereocenters. The Hall–Kier alpha value is -3.64. The molecule has 4 aromatic rings. The number of benzene rings is 3. The van der Waals surface area contributed by atoms with Crippen LogP contribution in [-0.2, 0) is 11.3 Å². The minimum absolute atomic E-state index is 0.0463. The molecule has 0 bridgehead atoms. The van der Waals surface area contributed by atoms with E-state index in [9.17, 15) is 9.90 Å². The largest absolute Gasteiger partial charge is 0.491 e. The Bertz CT molecular complexity index is 1270. The van der Waals surface area contributed by atoms with Crippen molar-refractivity contribution >= 4 is 22.6 Å². The number of ether oxygens (including phenoxy) is 1. The van der Waals surface area contributed by atoms with Gasteiger partial charge in [0.05, 0.1) is 17.6 Å². The Morgan fingerprint density at radius 3 is 2.67 bits per heavy atom. The lowest BCUT2D eigenvalue weighted by Gasteiger charge is -2.19. The summed E-state index contributed by atoms with van der Waals surface area (Å²) in [4.78, 5) is 19.5. The molecule has 0 aliphatic carbocycles. The third-order valence-electron chi connectivity index (χ3n) is 6.07. The summed E-state index contributed by atoms with van der Waals surface area (Å²) in [7, 11) is 0. The minimum atomic E-state index is -0.718. The third-order valence-corrected chi connectivity index (χ3v) is 6.07. The van der Waals surface area contributed by atoms with Crippen LogP contribution >= 0.6 is 0 Å². The highest BCUT2D eigenvalue weighted by Gasteiger charge is 2.35. The molecule has 0 spiro atoms. The van der Waals surface area contributed by atoms with E-state index in [-0.39, 0.29) is 18.4 Å². The molecular formula is C27H27N3O3. The molecule has 0 saturated carbocycles. The first-order chi connectivity index (χ1) is 16.1. The maximum absolute atomic E-state index is 12.8. The number of nitrogens with zero attached hydrogens (tertiary/aromatic N) is 3. The van der Waals surface area contributed by atoms with Gasteiger partial charge in [-0.3, -0.25) is 4.79 Å². The number of aryl methyl sites for hydroxylation is 1. The van der Waals surface area contributed by atoms with E-state index in [1.54, 1.807) is 0 Å². The Labute approximate surface area is 193 Å². The summed E-state index contributed by atoms with van der Waals surface area (Å²) in [6, 6.07) is 25.4. The van der Waals surface area contributed by atoms with Gasteiger partial charge in [-0.15, -0.1) is 0 Å². The molecular weight excluding hydrogens is 414 g/mol. The summed E-state index contributed by atoms with van der Waals surface area (Å²) in [5.41, 5.74) is 3.83. The van der Waals surface area contributed by atoms with Gasteiger partial charge in [-0.05, 0) is 48.9 Å². The molecule has 5 rings (SSSR count). The zero-order valence-electron chi connectivity index (χ0n) is 18.6. The van der Waals surface area contributed by atoms with Crippen LogP contribution in [0.4, 0.5) is 5.69 Å². The fourth-order valence-electron chi connectivity index (χ4n) is 4.50. The second-order valence-electron chi connectivity index (χ2n) is 8.59. The molecule has 1 fully saturated rings. The Kier molecular flexibility index (Phi) is 5.84. The number of rotatable bonds is 7. The van der Waals surface area contributed by atoms with Crippen LogP contribution in [0.1, 0.15) is 23.7 Å². The summed E-state index contributed by atoms with van der Waals surface area (Å²) in [6.07, 6.45) is -0.321. The average molecular weight is 442 g/mol. The van der Waals surface area contributed by atoms with Gasteiger partial charge in [-0.1, -0.05) is 42.5 Å². The topological polar surface area (TPSA) is 67.6 Å². The first kappa shape index (κ1) is 21.2. The van der Waals surface area contributed by atoms with Crippen molar-refractivity contribution in [1.29, 1.82) is 0 Å². The van der Waals surface area contributed by atoms with Gasteiger partial charge < -0.3 is 19.3 Å². The van der Waals surface area contributed by atoms with Gasteiger partial charge in [-0.25, -0.2) is 4.98 Å². The lowest BCUT2D eigenvalue weighted by molar-refractivity contribution is -0.117. The predicted octanol–water partition coefficient (Wildman–Crippen LogP) is 4.31. The fourth-order valence-corrected chi connectivity index (χ4v) is 4.50. The number of para-hydroxylation sites is 3. The molecule has 1 amide bonds. The van der Waals surface area contributed by atoms with Crippen molar-refractivity contribution in [3.05, 3.63) is 90.3 Å². The van der Waals surface area contributed by atoms with Crippen LogP contribution in [0.15, 0.2) is 78.9 Å². The quantitative estimate of drug-likeness (QED) is 0.464. The van der Waals surface area contributed by atoms with E-state index in [2.05, 4.69) is 0 Å². The number of carbonyl (C=O) groups is 1. The predicted molar refractivity (Wildman–Crippen MR) is 129 cm³/mol. The van der Waals surface area contributed by atoms with E-state index in [0.29, 0.717) is 19.5 Å². The smallest absolute Gasteiger partial charge is 0.227 e. The average Bonchev–Trinajstić information content (AvgIpc) is 3.39. The molecule has 33 heavy (non-hydrogen) atoms. The lowest BCUT2D eigenvalue weighted by atomic mass is 10.1. The second-order valence-corrected chi connectivity index (χ2v) is 8.59. The van der Waals surface area contributed by atoms with Crippen molar-refractivity contribution in [2.45, 2.75) is 31.9 Å². The van der Waals surface area contributed by atoms with E-state index < -0.39 is 6.10 Å². The normalized spacial score (nSPS) is 17.0. The van der Waals surface area contributed by atoms with E-state index in [1.807, 2.05) is 95.3 Å². The third kappa shape index (κ3) is 4.47. The van der Waals surface area contributed by atoms with E-state index >= 15 is 0 Å². The van der Waals surface area contributed by atoms with Gasteiger partial charge in [0.15, 0.2) is 0 Å². The molecule has 2 unspecified atom stereocenters. The summed E-state index contributed by atoms with van der Waals surface area (Å²) in [5.74, 6) is 1.62. The number of hydrogen-bond donors (Lipinski definition) is 1. The highest BCUT2D eigenvalue weighted by molar-refractivity contribution is 5.96. The van der Waals surface area contributed by atoms with Gasteiger partial charge in [0, 0.05) is 24.6 Å². The van der Waals surface area contributed by atoms with Gasteiger partial charge >= 0.3 is 0 Å². The van der Waals surface area contributed by atoms with Crippen molar-refractivity contribution in [3.8, 4) is 5.75 Å². The standard InChI is InChI=1S/C27H27N3O3/c1-19-8-7-11-23(14-19)33-18-22(31)17-30-25-13-6-5-12-24(25)28-27(30)20-15-26(32)29(16-20)21-9-3-2-4-10-21/h2-14,20,22,31H,15-18H2,1H3. The molecule has 1 aliphatic heterocycles. The molecule has 1 N–H and O–H groups in total. The van der Waals surface area contributed by atoms with Gasteiger partial charge in [0.1, 0.15) is 24.3 Å². The molecule has 1 saturated heterocycles. The fraction of sp³-hybridized carbons (Fsp3) is 0.259. The molecule has 0 radical (unpaired) electrons. The van der Waals surface area contributed by atoms with Crippen molar-refractivity contribution in [3.63, 3.8) is 0 Å². The first-order valence-corrected chi connectivity index (χ1v) is 11.3. The molecule has 1 aromatic heterocycles. The SMILES string of the molecule is Cc1cccc(OCC(O)Cn2c(C3CC(=O)N(c4ccccc4)C3)nc3ccccc32)c1. The van der Waals surface area contributed by atoms with Gasteiger partial charge in [-0.2, -0.15) is 0 Å². The van der Waals surface area contributed by atoms with Gasteiger partial charge in [0.2, 0.25) is 5.91 Å². The summed E-state index contributed by atoms with van der Waals surface area (Å²) < 4.78 is 7.87. The summed E-state index contributed by atoms with van der Waals surface area (Å²) in [5, 5.41) is 10.8. The second kappa shape index (κ2) is 9.08. The van der Waals surface area contributed by atoms with Crippen LogP contribution < -0.4 is 9.64 Å². The highest BCUT2D eigenvalue weighted by atomic mass is 16.5. The number of aliphatic hydroxyl groups is 1. The van der Waals surface area contributed by atoms with Crippen LogP contribution in [0.25, 0.3) is 11.0 Å². The minimum Gasteiger partial charge on any atom is -0.491 e. The van der Waals surface area contributed by atoms with Crippen LogP contribution in [-0.4, -0.2) is 39.8 Å². The number of carbonyl (C=O) groups excluding carboxylic acids is 1. The molecule has 2 heterocycles. The number of imidazole rings is 1. The van der Waals surface area contributed by atoms with E-state index in [1.165, 1.54) is 0 Å². The number of hydrogen-bond acceptors (Lipinski definition) is 4. The van der Waals surface area contributed by atoms with Crippen molar-refractivity contribution < 1.29 is 14.6 Å². The van der Waals surface area contributed by atoms with Crippen LogP contribution in [0.3, 0.4) is 0 Å². The summed E-state index contributed by atoms with van der Waals surface area (Å²) in [6.45, 7) is 3.10. The Morgan fingerprint density at radius 2 is 1.85 bits per heavy atom. The first-order valence-electron chi connectivity index (χ1n) is 11.3. The van der Waals surface area contributed by atoms with E-state index in [0.717, 1.165) is 33.9 Å². The molecule has 3 aromatic carbocycles. The zero-order valence-corrected chi connectivity index (χ0v) is 18.6. The molecule has 6 nitrogen and oxygen atoms in total. The monoisotopic (exact) mass is 441 g/mol. The van der Waals surface area contributed by atoms with Crippen LogP contribution in [0.2, 0.25) is 0 Å².